The molecule has 0 aliphatic rings. The van der Waals surface area contributed by atoms with Gasteiger partial charge in [0, 0.05) is 0 Å². The van der Waals surface area contributed by atoms with Gasteiger partial charge in [0.1, 0.15) is 4.90 Å². The Bertz CT molecular complexity index is 409. The van der Waals surface area contributed by atoms with Gasteiger partial charge in [0.25, 0.3) is 0 Å². The van der Waals surface area contributed by atoms with Gasteiger partial charge in [-0.05, 0) is 12.1 Å². The minimum Gasteiger partial charge on any atom is -0.437 e. The highest BCUT2D eigenvalue weighted by Gasteiger charge is 2.19. The van der Waals surface area contributed by atoms with Gasteiger partial charge in [-0.3, -0.25) is 0 Å². The van der Waals surface area contributed by atoms with E-state index in [2.05, 4.69) is 8.92 Å². The molecule has 0 bridgehead atoms. The Kier molecular flexibility index (Phi) is 3.08. The summed E-state index contributed by atoms with van der Waals surface area (Å²) in [7, 11) is -3.02. The van der Waals surface area contributed by atoms with Crippen molar-refractivity contribution in [1.82, 2.24) is 0 Å². The number of carbonyl (C=O) groups excluding carboxylic acids is 1. The summed E-state index contributed by atoms with van der Waals surface area (Å²) < 4.78 is 30.7. The van der Waals surface area contributed by atoms with Crippen LogP contribution >= 0.6 is 0 Å². The van der Waals surface area contributed by atoms with Crippen molar-refractivity contribution in [2.24, 2.45) is 0 Å². The second kappa shape index (κ2) is 4.10. The Balaban J connectivity index is 2.93. The van der Waals surface area contributed by atoms with Crippen LogP contribution in [0.15, 0.2) is 35.2 Å². The molecule has 0 aliphatic carbocycles. The molecular weight excluding hydrogens is 208 g/mol. The number of carbonyl (C=O) groups is 1. The maximum absolute atomic E-state index is 11.3. The van der Waals surface area contributed by atoms with E-state index in [0.29, 0.717) is 0 Å². The Hall–Kier alpha value is -1.56. The van der Waals surface area contributed by atoms with E-state index in [0.717, 1.165) is 7.11 Å². The summed E-state index contributed by atoms with van der Waals surface area (Å²) in [5, 5.41) is 0. The molecule has 0 saturated heterocycles. The molecule has 5 nitrogen and oxygen atoms in total. The quantitative estimate of drug-likeness (QED) is 0.548. The summed E-state index contributed by atoms with van der Waals surface area (Å²) in [6, 6.07) is 7.33. The second-order valence-electron chi connectivity index (χ2n) is 2.30. The largest absolute Gasteiger partial charge is 0.524 e. The van der Waals surface area contributed by atoms with Crippen molar-refractivity contribution in [2.75, 3.05) is 7.11 Å². The van der Waals surface area contributed by atoms with Crippen LogP contribution in [0, 0.1) is 0 Å². The first-order valence-corrected chi connectivity index (χ1v) is 5.04. The number of hydrogen-bond donors (Lipinski definition) is 0. The Labute approximate surface area is 81.4 Å². The molecule has 0 atom stereocenters. The first kappa shape index (κ1) is 10.5. The van der Waals surface area contributed by atoms with Crippen LogP contribution in [0.5, 0.6) is 0 Å². The zero-order chi connectivity index (χ0) is 10.6. The molecule has 76 valence electrons. The molecule has 14 heavy (non-hydrogen) atoms. The van der Waals surface area contributed by atoms with E-state index in [-0.39, 0.29) is 4.90 Å². The molecule has 0 aromatic heterocycles. The molecule has 0 heterocycles. The minimum atomic E-state index is -4.05. The number of benzene rings is 1. The predicted octanol–water partition coefficient (Wildman–Crippen LogP) is 1.16. The van der Waals surface area contributed by atoms with E-state index < -0.39 is 16.3 Å². The van der Waals surface area contributed by atoms with Crippen molar-refractivity contribution < 1.29 is 22.1 Å². The van der Waals surface area contributed by atoms with E-state index in [1.165, 1.54) is 24.3 Å². The number of ether oxygens (including phenoxy) is 1. The summed E-state index contributed by atoms with van der Waals surface area (Å²) in [5.41, 5.74) is 0. The molecule has 0 aliphatic heterocycles. The molecule has 0 unspecified atom stereocenters. The van der Waals surface area contributed by atoms with E-state index in [1.54, 1.807) is 6.07 Å². The van der Waals surface area contributed by atoms with E-state index in [1.807, 2.05) is 0 Å². The second-order valence-corrected chi connectivity index (χ2v) is 3.85. The van der Waals surface area contributed by atoms with Crippen molar-refractivity contribution >= 4 is 16.3 Å². The third-order valence-corrected chi connectivity index (χ3v) is 2.58. The van der Waals surface area contributed by atoms with Crippen LogP contribution in [-0.2, 0) is 19.0 Å². The summed E-state index contributed by atoms with van der Waals surface area (Å²) in [4.78, 5) is 10.5. The van der Waals surface area contributed by atoms with E-state index in [4.69, 9.17) is 0 Å². The van der Waals surface area contributed by atoms with Crippen molar-refractivity contribution in [3.05, 3.63) is 30.3 Å². The predicted molar refractivity (Wildman–Crippen MR) is 47.1 cm³/mol. The first-order valence-electron chi connectivity index (χ1n) is 3.64. The zero-order valence-corrected chi connectivity index (χ0v) is 8.15. The topological polar surface area (TPSA) is 69.7 Å². The van der Waals surface area contributed by atoms with Crippen LogP contribution < -0.4 is 0 Å². The molecule has 0 saturated carbocycles. The summed E-state index contributed by atoms with van der Waals surface area (Å²) in [5.74, 6) is 0. The Morgan fingerprint density at radius 1 is 1.21 bits per heavy atom. The molecule has 0 fully saturated rings. The van der Waals surface area contributed by atoms with Crippen molar-refractivity contribution in [1.29, 1.82) is 0 Å². The third-order valence-electron chi connectivity index (χ3n) is 1.38. The van der Waals surface area contributed by atoms with E-state index >= 15 is 0 Å². The maximum atomic E-state index is 11.3. The van der Waals surface area contributed by atoms with Gasteiger partial charge in [-0.15, -0.1) is 0 Å². The Morgan fingerprint density at radius 3 is 2.29 bits per heavy atom. The highest BCUT2D eigenvalue weighted by molar-refractivity contribution is 7.87. The molecule has 1 aromatic carbocycles. The van der Waals surface area contributed by atoms with Crippen LogP contribution in [0.3, 0.4) is 0 Å². The average molecular weight is 216 g/mol. The molecule has 0 amide bonds. The molecule has 6 heteroatoms. The lowest BCUT2D eigenvalue weighted by Gasteiger charge is -2.02. The van der Waals surface area contributed by atoms with Crippen molar-refractivity contribution in [3.8, 4) is 0 Å². The van der Waals surface area contributed by atoms with Gasteiger partial charge < -0.3 is 8.92 Å². The lowest BCUT2D eigenvalue weighted by Crippen LogP contribution is -2.12. The lowest BCUT2D eigenvalue weighted by atomic mass is 10.4. The molecule has 1 rings (SSSR count). The van der Waals surface area contributed by atoms with Crippen LogP contribution in [0.25, 0.3) is 0 Å². The third kappa shape index (κ3) is 2.46. The van der Waals surface area contributed by atoms with Gasteiger partial charge in [0.2, 0.25) is 0 Å². The van der Waals surface area contributed by atoms with E-state index in [9.17, 15) is 13.2 Å². The van der Waals surface area contributed by atoms with Gasteiger partial charge in [-0.1, -0.05) is 18.2 Å². The van der Waals surface area contributed by atoms with Crippen LogP contribution in [0.4, 0.5) is 4.79 Å². The maximum Gasteiger partial charge on any atom is 0.524 e. The summed E-state index contributed by atoms with van der Waals surface area (Å²) >= 11 is 0. The van der Waals surface area contributed by atoms with Crippen LogP contribution in [0.2, 0.25) is 0 Å². The number of hydrogen-bond acceptors (Lipinski definition) is 5. The fourth-order valence-corrected chi connectivity index (χ4v) is 1.59. The van der Waals surface area contributed by atoms with Gasteiger partial charge in [-0.2, -0.15) is 8.42 Å². The monoisotopic (exact) mass is 216 g/mol. The lowest BCUT2D eigenvalue weighted by molar-refractivity contribution is 0.124. The smallest absolute Gasteiger partial charge is 0.437 e. The standard InChI is InChI=1S/C8H8O5S/c1-12-8(9)13-14(10,11)7-5-3-2-4-6-7/h2-6H,1H3. The summed E-state index contributed by atoms with van der Waals surface area (Å²) in [6.45, 7) is 0. The normalized spacial score (nSPS) is 10.6. The summed E-state index contributed by atoms with van der Waals surface area (Å²) in [6.07, 6.45) is -1.26. The minimum absolute atomic E-state index is 0.0922. The highest BCUT2D eigenvalue weighted by atomic mass is 32.2. The molecule has 0 N–H and O–H groups in total. The van der Waals surface area contributed by atoms with Gasteiger partial charge in [0.05, 0.1) is 7.11 Å². The number of rotatable bonds is 2. The Morgan fingerprint density at radius 2 is 1.79 bits per heavy atom. The molecule has 0 radical (unpaired) electrons. The SMILES string of the molecule is COC(=O)OS(=O)(=O)c1ccccc1. The molecule has 0 spiro atoms. The van der Waals surface area contributed by atoms with Crippen LogP contribution in [-0.4, -0.2) is 21.7 Å². The highest BCUT2D eigenvalue weighted by Crippen LogP contribution is 2.11. The average Bonchev–Trinajstić information content (AvgIpc) is 2.18. The number of methoxy groups -OCH3 is 1. The van der Waals surface area contributed by atoms with Gasteiger partial charge in [0.15, 0.2) is 0 Å². The van der Waals surface area contributed by atoms with Crippen molar-refractivity contribution in [3.63, 3.8) is 0 Å². The fourth-order valence-electron chi connectivity index (χ4n) is 0.759. The fraction of sp³-hybridized carbons (Fsp3) is 0.125. The molecule has 1 aromatic rings. The van der Waals surface area contributed by atoms with Crippen LogP contribution in [0.1, 0.15) is 0 Å². The van der Waals surface area contributed by atoms with Gasteiger partial charge >= 0.3 is 16.3 Å². The van der Waals surface area contributed by atoms with Gasteiger partial charge in [-0.25, -0.2) is 4.79 Å². The molecular formula is C8H8O5S. The zero-order valence-electron chi connectivity index (χ0n) is 7.34. The van der Waals surface area contributed by atoms with Crippen molar-refractivity contribution in [2.45, 2.75) is 4.90 Å². The first-order chi connectivity index (χ1) is 6.56.